The summed E-state index contributed by atoms with van der Waals surface area (Å²) >= 11 is 1.70. The van der Waals surface area contributed by atoms with Crippen LogP contribution in [0.25, 0.3) is 0 Å². The van der Waals surface area contributed by atoms with Gasteiger partial charge in [0.25, 0.3) is 5.69 Å². The molecule has 0 aliphatic rings. The SMILES string of the molecule is CCNc1cc([N+](=O)[O-])cc(NC(C)Cc2cccs2)n1. The highest BCUT2D eigenvalue weighted by Gasteiger charge is 2.13. The maximum atomic E-state index is 11.0. The summed E-state index contributed by atoms with van der Waals surface area (Å²) in [6.45, 7) is 4.62. The molecule has 2 aromatic heterocycles. The van der Waals surface area contributed by atoms with Crippen molar-refractivity contribution in [2.45, 2.75) is 26.3 Å². The van der Waals surface area contributed by atoms with Gasteiger partial charge >= 0.3 is 0 Å². The molecule has 0 amide bonds. The minimum atomic E-state index is -0.405. The monoisotopic (exact) mass is 306 g/mol. The zero-order valence-corrected chi connectivity index (χ0v) is 12.8. The molecular formula is C14H18N4O2S. The van der Waals surface area contributed by atoms with Crippen molar-refractivity contribution in [3.8, 4) is 0 Å². The molecule has 2 aromatic rings. The Morgan fingerprint density at radius 3 is 2.81 bits per heavy atom. The summed E-state index contributed by atoms with van der Waals surface area (Å²) < 4.78 is 0. The van der Waals surface area contributed by atoms with Crippen LogP contribution >= 0.6 is 11.3 Å². The first-order valence-corrected chi connectivity index (χ1v) is 7.65. The molecular weight excluding hydrogens is 288 g/mol. The number of hydrogen-bond acceptors (Lipinski definition) is 6. The van der Waals surface area contributed by atoms with E-state index in [2.05, 4.69) is 21.7 Å². The molecule has 21 heavy (non-hydrogen) atoms. The number of anilines is 2. The summed E-state index contributed by atoms with van der Waals surface area (Å²) in [5.41, 5.74) is 0.0340. The normalized spacial score (nSPS) is 11.9. The van der Waals surface area contributed by atoms with Crippen LogP contribution < -0.4 is 10.6 Å². The molecule has 0 aliphatic carbocycles. The highest BCUT2D eigenvalue weighted by molar-refractivity contribution is 7.09. The molecule has 0 radical (unpaired) electrons. The standard InChI is InChI=1S/C14H18N4O2S/c1-3-15-13-8-11(18(19)20)9-14(17-13)16-10(2)7-12-5-4-6-21-12/h4-6,8-10H,3,7H2,1-2H3,(H2,15,16,17). The van der Waals surface area contributed by atoms with Gasteiger partial charge in [-0.25, -0.2) is 4.98 Å². The van der Waals surface area contributed by atoms with Gasteiger partial charge in [-0.1, -0.05) is 6.07 Å². The summed E-state index contributed by atoms with van der Waals surface area (Å²) in [7, 11) is 0. The first kappa shape index (κ1) is 15.2. The van der Waals surface area contributed by atoms with Gasteiger partial charge in [0.1, 0.15) is 11.6 Å². The van der Waals surface area contributed by atoms with Gasteiger partial charge in [0.05, 0.1) is 17.1 Å². The van der Waals surface area contributed by atoms with Crippen molar-refractivity contribution in [2.24, 2.45) is 0 Å². The molecule has 112 valence electrons. The summed E-state index contributed by atoms with van der Waals surface area (Å²) in [5, 5.41) is 19.2. The third-order valence-corrected chi connectivity index (χ3v) is 3.76. The Hall–Kier alpha value is -2.15. The summed E-state index contributed by atoms with van der Waals surface area (Å²) in [5.74, 6) is 1.03. The number of aromatic nitrogens is 1. The van der Waals surface area contributed by atoms with E-state index in [1.807, 2.05) is 25.3 Å². The first-order chi connectivity index (χ1) is 10.1. The van der Waals surface area contributed by atoms with E-state index in [4.69, 9.17) is 0 Å². The molecule has 0 bridgehead atoms. The second-order valence-corrected chi connectivity index (χ2v) is 5.74. The fourth-order valence-electron chi connectivity index (χ4n) is 2.00. The Morgan fingerprint density at radius 2 is 2.19 bits per heavy atom. The fourth-order valence-corrected chi connectivity index (χ4v) is 2.84. The van der Waals surface area contributed by atoms with E-state index >= 15 is 0 Å². The Kier molecular flexibility index (Phi) is 5.10. The number of pyridine rings is 1. The van der Waals surface area contributed by atoms with Crippen LogP contribution in [-0.4, -0.2) is 22.5 Å². The van der Waals surface area contributed by atoms with Crippen LogP contribution in [0, 0.1) is 10.1 Å². The van der Waals surface area contributed by atoms with Crippen LogP contribution in [-0.2, 0) is 6.42 Å². The maximum absolute atomic E-state index is 11.0. The van der Waals surface area contributed by atoms with Crippen molar-refractivity contribution in [1.82, 2.24) is 4.98 Å². The molecule has 0 saturated heterocycles. The third-order valence-electron chi connectivity index (χ3n) is 2.86. The molecule has 0 aliphatic heterocycles. The van der Waals surface area contributed by atoms with Gasteiger partial charge in [-0.2, -0.15) is 0 Å². The van der Waals surface area contributed by atoms with E-state index in [0.29, 0.717) is 18.2 Å². The van der Waals surface area contributed by atoms with Crippen LogP contribution in [0.15, 0.2) is 29.6 Å². The van der Waals surface area contributed by atoms with Crippen LogP contribution in [0.5, 0.6) is 0 Å². The van der Waals surface area contributed by atoms with Crippen molar-refractivity contribution in [1.29, 1.82) is 0 Å². The van der Waals surface area contributed by atoms with E-state index in [-0.39, 0.29) is 11.7 Å². The van der Waals surface area contributed by atoms with E-state index < -0.39 is 4.92 Å². The second-order valence-electron chi connectivity index (χ2n) is 4.71. The van der Waals surface area contributed by atoms with Crippen molar-refractivity contribution >= 4 is 28.7 Å². The largest absolute Gasteiger partial charge is 0.370 e. The van der Waals surface area contributed by atoms with E-state index in [1.54, 1.807) is 11.3 Å². The van der Waals surface area contributed by atoms with Crippen molar-refractivity contribution < 1.29 is 4.92 Å². The Labute approximate surface area is 127 Å². The van der Waals surface area contributed by atoms with Gasteiger partial charge in [0, 0.05) is 23.9 Å². The lowest BCUT2D eigenvalue weighted by atomic mass is 10.2. The number of thiophene rings is 1. The van der Waals surface area contributed by atoms with Crippen LogP contribution in [0.3, 0.4) is 0 Å². The molecule has 7 heteroatoms. The Morgan fingerprint density at radius 1 is 1.43 bits per heavy atom. The van der Waals surface area contributed by atoms with Crippen LogP contribution in [0.1, 0.15) is 18.7 Å². The molecule has 0 aromatic carbocycles. The number of nitrogens with zero attached hydrogens (tertiary/aromatic N) is 2. The molecule has 2 heterocycles. The number of nitrogens with one attached hydrogen (secondary N) is 2. The van der Waals surface area contributed by atoms with E-state index in [9.17, 15) is 10.1 Å². The van der Waals surface area contributed by atoms with Gasteiger partial charge in [-0.15, -0.1) is 11.3 Å². The summed E-state index contributed by atoms with van der Waals surface area (Å²) in [6, 6.07) is 7.15. The van der Waals surface area contributed by atoms with Crippen LogP contribution in [0.4, 0.5) is 17.3 Å². The predicted molar refractivity (Wildman–Crippen MR) is 86.2 cm³/mol. The molecule has 0 saturated carbocycles. The number of nitro groups is 1. The van der Waals surface area contributed by atoms with Gasteiger partial charge < -0.3 is 10.6 Å². The molecule has 0 spiro atoms. The highest BCUT2D eigenvalue weighted by Crippen LogP contribution is 2.22. The summed E-state index contributed by atoms with van der Waals surface area (Å²) in [6.07, 6.45) is 0.860. The minimum absolute atomic E-state index is 0.0340. The predicted octanol–water partition coefficient (Wildman–Crippen LogP) is 3.53. The Bertz CT molecular complexity index is 601. The zero-order valence-electron chi connectivity index (χ0n) is 12.0. The fraction of sp³-hybridized carbons (Fsp3) is 0.357. The lowest BCUT2D eigenvalue weighted by Crippen LogP contribution is -2.18. The molecule has 0 fully saturated rings. The van der Waals surface area contributed by atoms with Crippen molar-refractivity contribution in [2.75, 3.05) is 17.2 Å². The minimum Gasteiger partial charge on any atom is -0.370 e. The zero-order chi connectivity index (χ0) is 15.2. The van der Waals surface area contributed by atoms with Gasteiger partial charge in [0.15, 0.2) is 0 Å². The van der Waals surface area contributed by atoms with Crippen LogP contribution in [0.2, 0.25) is 0 Å². The van der Waals surface area contributed by atoms with Crippen molar-refractivity contribution in [3.05, 3.63) is 44.6 Å². The van der Waals surface area contributed by atoms with Gasteiger partial charge in [0.2, 0.25) is 0 Å². The molecule has 2 rings (SSSR count). The van der Waals surface area contributed by atoms with E-state index in [0.717, 1.165) is 6.42 Å². The van der Waals surface area contributed by atoms with E-state index in [1.165, 1.54) is 17.0 Å². The summed E-state index contributed by atoms with van der Waals surface area (Å²) in [4.78, 5) is 16.2. The van der Waals surface area contributed by atoms with Gasteiger partial charge in [-0.3, -0.25) is 10.1 Å². The lowest BCUT2D eigenvalue weighted by molar-refractivity contribution is -0.384. The lowest BCUT2D eigenvalue weighted by Gasteiger charge is -2.14. The maximum Gasteiger partial charge on any atom is 0.276 e. The molecule has 1 atom stereocenters. The molecule has 1 unspecified atom stereocenters. The van der Waals surface area contributed by atoms with Gasteiger partial charge in [-0.05, 0) is 25.3 Å². The first-order valence-electron chi connectivity index (χ1n) is 6.77. The molecule has 2 N–H and O–H groups in total. The quantitative estimate of drug-likeness (QED) is 0.604. The highest BCUT2D eigenvalue weighted by atomic mass is 32.1. The Balaban J connectivity index is 2.12. The molecule has 6 nitrogen and oxygen atoms in total. The topological polar surface area (TPSA) is 80.1 Å². The van der Waals surface area contributed by atoms with Crippen molar-refractivity contribution in [3.63, 3.8) is 0 Å². The third kappa shape index (κ3) is 4.42. The second kappa shape index (κ2) is 7.03. The average molecular weight is 306 g/mol. The smallest absolute Gasteiger partial charge is 0.276 e. The number of hydrogen-bond donors (Lipinski definition) is 2. The number of rotatable bonds is 7. The average Bonchev–Trinajstić information content (AvgIpc) is 2.91.